The van der Waals surface area contributed by atoms with Gasteiger partial charge >= 0.3 is 0 Å². The summed E-state index contributed by atoms with van der Waals surface area (Å²) in [5, 5.41) is 13.0. The fourth-order valence-corrected chi connectivity index (χ4v) is 3.13. The molecular weight excluding hydrogens is 174 g/mol. The maximum absolute atomic E-state index is 9.55. The molecule has 0 spiro atoms. The molecule has 0 amide bonds. The van der Waals surface area contributed by atoms with Crippen molar-refractivity contribution in [1.82, 2.24) is 5.32 Å². The zero-order valence-corrected chi connectivity index (χ0v) is 9.26. The highest BCUT2D eigenvalue weighted by Crippen LogP contribution is 2.40. The van der Waals surface area contributed by atoms with Gasteiger partial charge in [-0.3, -0.25) is 0 Å². The maximum Gasteiger partial charge on any atom is 0.0679 e. The fraction of sp³-hybridized carbons (Fsp3) is 1.00. The summed E-state index contributed by atoms with van der Waals surface area (Å²) in [6.07, 6.45) is 9.14. The highest BCUT2D eigenvalue weighted by atomic mass is 16.3. The summed E-state index contributed by atoms with van der Waals surface area (Å²) >= 11 is 0. The van der Waals surface area contributed by atoms with Crippen LogP contribution in [0, 0.1) is 5.41 Å². The van der Waals surface area contributed by atoms with Gasteiger partial charge in [0.1, 0.15) is 0 Å². The molecule has 0 aromatic carbocycles. The van der Waals surface area contributed by atoms with Gasteiger partial charge in [-0.25, -0.2) is 0 Å². The molecule has 1 aliphatic heterocycles. The monoisotopic (exact) mass is 197 g/mol. The van der Waals surface area contributed by atoms with Crippen molar-refractivity contribution in [2.75, 3.05) is 6.54 Å². The summed E-state index contributed by atoms with van der Waals surface area (Å²) < 4.78 is 0. The van der Waals surface area contributed by atoms with Gasteiger partial charge in [0.05, 0.1) is 6.10 Å². The van der Waals surface area contributed by atoms with Crippen molar-refractivity contribution in [3.63, 3.8) is 0 Å². The Morgan fingerprint density at radius 2 is 1.79 bits per heavy atom. The summed E-state index contributed by atoms with van der Waals surface area (Å²) in [7, 11) is 0. The van der Waals surface area contributed by atoms with Crippen molar-refractivity contribution in [1.29, 1.82) is 0 Å². The van der Waals surface area contributed by atoms with Crippen molar-refractivity contribution in [3.05, 3.63) is 0 Å². The summed E-state index contributed by atoms with van der Waals surface area (Å²) in [4.78, 5) is 0. The fourth-order valence-electron chi connectivity index (χ4n) is 3.13. The van der Waals surface area contributed by atoms with Crippen molar-refractivity contribution in [3.8, 4) is 0 Å². The standard InChI is InChI=1S/C12H23NO/c1-12(6-4-2-3-5-7-12)11-8-10(14)9-13-11/h10-11,13-14H,2-9H2,1H3. The van der Waals surface area contributed by atoms with E-state index in [1.54, 1.807) is 0 Å². The summed E-state index contributed by atoms with van der Waals surface area (Å²) in [5.74, 6) is 0. The lowest BCUT2D eigenvalue weighted by Crippen LogP contribution is -2.39. The molecule has 0 aromatic heterocycles. The van der Waals surface area contributed by atoms with E-state index in [2.05, 4.69) is 12.2 Å². The molecule has 1 heterocycles. The average Bonchev–Trinajstić information content (AvgIpc) is 2.47. The number of rotatable bonds is 1. The Labute approximate surface area is 87.1 Å². The molecule has 2 heteroatoms. The maximum atomic E-state index is 9.55. The minimum Gasteiger partial charge on any atom is -0.392 e. The Bertz CT molecular complexity index is 185. The lowest BCUT2D eigenvalue weighted by Gasteiger charge is -2.34. The molecule has 14 heavy (non-hydrogen) atoms. The van der Waals surface area contributed by atoms with Gasteiger partial charge in [0.25, 0.3) is 0 Å². The van der Waals surface area contributed by atoms with E-state index in [1.165, 1.54) is 38.5 Å². The van der Waals surface area contributed by atoms with Gasteiger partial charge in [0.2, 0.25) is 0 Å². The molecule has 82 valence electrons. The van der Waals surface area contributed by atoms with Crippen molar-refractivity contribution in [2.45, 2.75) is 64.0 Å². The number of β-amino-alcohol motifs (C(OH)–C–C–N with tert-alkyl or cyclic N) is 1. The Morgan fingerprint density at radius 3 is 2.29 bits per heavy atom. The summed E-state index contributed by atoms with van der Waals surface area (Å²) in [6, 6.07) is 0.565. The molecule has 1 saturated carbocycles. The zero-order chi connectivity index (χ0) is 10.0. The van der Waals surface area contributed by atoms with E-state index in [9.17, 15) is 5.11 Å². The molecule has 0 bridgehead atoms. The van der Waals surface area contributed by atoms with Gasteiger partial charge in [0.15, 0.2) is 0 Å². The quantitative estimate of drug-likeness (QED) is 0.631. The van der Waals surface area contributed by atoms with Crippen LogP contribution in [0.1, 0.15) is 51.9 Å². The van der Waals surface area contributed by atoms with E-state index in [-0.39, 0.29) is 6.10 Å². The number of nitrogens with one attached hydrogen (secondary N) is 1. The van der Waals surface area contributed by atoms with Gasteiger partial charge in [-0.05, 0) is 24.7 Å². The topological polar surface area (TPSA) is 32.3 Å². The van der Waals surface area contributed by atoms with Crippen LogP contribution in [0.4, 0.5) is 0 Å². The molecule has 1 aliphatic carbocycles. The van der Waals surface area contributed by atoms with Crippen molar-refractivity contribution < 1.29 is 5.11 Å². The Kier molecular flexibility index (Phi) is 3.13. The normalized spacial score (nSPS) is 38.1. The predicted octanol–water partition coefficient (Wildman–Crippen LogP) is 2.07. The molecule has 2 aliphatic rings. The minimum atomic E-state index is -0.0971. The van der Waals surface area contributed by atoms with Gasteiger partial charge in [-0.15, -0.1) is 0 Å². The number of hydrogen-bond acceptors (Lipinski definition) is 2. The van der Waals surface area contributed by atoms with Crippen LogP contribution < -0.4 is 5.32 Å². The first-order valence-corrected chi connectivity index (χ1v) is 6.12. The van der Waals surface area contributed by atoms with Crippen molar-refractivity contribution in [2.24, 2.45) is 5.41 Å². The first-order chi connectivity index (χ1) is 6.71. The highest BCUT2D eigenvalue weighted by Gasteiger charge is 2.38. The molecule has 2 rings (SSSR count). The molecule has 2 fully saturated rings. The largest absolute Gasteiger partial charge is 0.392 e. The van der Waals surface area contributed by atoms with Crippen LogP contribution in [0.3, 0.4) is 0 Å². The molecule has 2 N–H and O–H groups in total. The van der Waals surface area contributed by atoms with Crippen LogP contribution >= 0.6 is 0 Å². The second-order valence-electron chi connectivity index (χ2n) is 5.42. The van der Waals surface area contributed by atoms with Crippen LogP contribution in [0.15, 0.2) is 0 Å². The van der Waals surface area contributed by atoms with Gasteiger partial charge in [-0.1, -0.05) is 32.6 Å². The average molecular weight is 197 g/mol. The third-order valence-electron chi connectivity index (χ3n) is 4.19. The zero-order valence-electron chi connectivity index (χ0n) is 9.26. The number of hydrogen-bond donors (Lipinski definition) is 2. The molecule has 0 aromatic rings. The van der Waals surface area contributed by atoms with E-state index in [1.807, 2.05) is 0 Å². The second kappa shape index (κ2) is 4.19. The SMILES string of the molecule is CC1(C2CC(O)CN2)CCCCCC1. The van der Waals surface area contributed by atoms with Gasteiger partial charge in [0, 0.05) is 12.6 Å². The van der Waals surface area contributed by atoms with Crippen LogP contribution in [0.5, 0.6) is 0 Å². The van der Waals surface area contributed by atoms with E-state index in [0.29, 0.717) is 11.5 Å². The molecule has 1 saturated heterocycles. The lowest BCUT2D eigenvalue weighted by molar-refractivity contribution is 0.161. The van der Waals surface area contributed by atoms with E-state index < -0.39 is 0 Å². The van der Waals surface area contributed by atoms with Crippen LogP contribution in [-0.4, -0.2) is 23.8 Å². The summed E-state index contributed by atoms with van der Waals surface area (Å²) in [5.41, 5.74) is 0.452. The molecule has 2 nitrogen and oxygen atoms in total. The number of aliphatic hydroxyl groups is 1. The Morgan fingerprint density at radius 1 is 1.14 bits per heavy atom. The highest BCUT2D eigenvalue weighted by molar-refractivity contribution is 4.94. The van der Waals surface area contributed by atoms with E-state index in [4.69, 9.17) is 0 Å². The van der Waals surface area contributed by atoms with E-state index >= 15 is 0 Å². The molecule has 0 radical (unpaired) electrons. The summed E-state index contributed by atoms with van der Waals surface area (Å²) in [6.45, 7) is 3.22. The predicted molar refractivity (Wildman–Crippen MR) is 58.2 cm³/mol. The first kappa shape index (κ1) is 10.4. The Balaban J connectivity index is 1.98. The van der Waals surface area contributed by atoms with E-state index in [0.717, 1.165) is 13.0 Å². The number of aliphatic hydroxyl groups excluding tert-OH is 1. The molecule has 2 atom stereocenters. The lowest BCUT2D eigenvalue weighted by atomic mass is 9.75. The first-order valence-electron chi connectivity index (χ1n) is 6.12. The minimum absolute atomic E-state index is 0.0971. The van der Waals surface area contributed by atoms with Gasteiger partial charge in [-0.2, -0.15) is 0 Å². The second-order valence-corrected chi connectivity index (χ2v) is 5.42. The molecule has 2 unspecified atom stereocenters. The van der Waals surface area contributed by atoms with Crippen LogP contribution in [0.25, 0.3) is 0 Å². The van der Waals surface area contributed by atoms with Crippen molar-refractivity contribution >= 4 is 0 Å². The smallest absolute Gasteiger partial charge is 0.0679 e. The third-order valence-corrected chi connectivity index (χ3v) is 4.19. The third kappa shape index (κ3) is 2.12. The van der Waals surface area contributed by atoms with Gasteiger partial charge < -0.3 is 10.4 Å². The van der Waals surface area contributed by atoms with Crippen LogP contribution in [-0.2, 0) is 0 Å². The van der Waals surface area contributed by atoms with Crippen LogP contribution in [0.2, 0.25) is 0 Å². The molecular formula is C12H23NO. The Hall–Kier alpha value is -0.0800.